The van der Waals surface area contributed by atoms with Gasteiger partial charge in [-0.05, 0) is 52.4 Å². The first-order valence-electron chi connectivity index (χ1n) is 6.33. The number of likely N-dealkylation sites (tertiary alicyclic amines) is 2. The SMILES string of the molecule is CN1CCC(N2CCCC2CC(=O)O)CC1. The van der Waals surface area contributed by atoms with Crippen molar-refractivity contribution in [2.24, 2.45) is 0 Å². The highest BCUT2D eigenvalue weighted by Gasteiger charge is 2.33. The van der Waals surface area contributed by atoms with Gasteiger partial charge in [0.2, 0.25) is 0 Å². The summed E-state index contributed by atoms with van der Waals surface area (Å²) in [5.74, 6) is -0.648. The van der Waals surface area contributed by atoms with Crippen LogP contribution >= 0.6 is 0 Å². The molecule has 4 heteroatoms. The zero-order valence-corrected chi connectivity index (χ0v) is 10.1. The number of hydrogen-bond donors (Lipinski definition) is 1. The van der Waals surface area contributed by atoms with Crippen molar-refractivity contribution in [3.8, 4) is 0 Å². The minimum absolute atomic E-state index is 0.297. The minimum atomic E-state index is -0.648. The van der Waals surface area contributed by atoms with Gasteiger partial charge in [-0.1, -0.05) is 0 Å². The number of carboxylic acids is 1. The Hall–Kier alpha value is -0.610. The van der Waals surface area contributed by atoms with Crippen LogP contribution in [0.25, 0.3) is 0 Å². The van der Waals surface area contributed by atoms with Crippen LogP contribution < -0.4 is 0 Å². The van der Waals surface area contributed by atoms with Gasteiger partial charge >= 0.3 is 5.97 Å². The Labute approximate surface area is 97.2 Å². The van der Waals surface area contributed by atoms with Gasteiger partial charge in [-0.15, -0.1) is 0 Å². The summed E-state index contributed by atoms with van der Waals surface area (Å²) in [4.78, 5) is 15.6. The molecule has 16 heavy (non-hydrogen) atoms. The second kappa shape index (κ2) is 5.15. The standard InChI is InChI=1S/C12H22N2O2/c1-13-7-4-10(5-8-13)14-6-2-3-11(14)9-12(15)16/h10-11H,2-9H2,1H3,(H,15,16). The molecule has 2 aliphatic heterocycles. The van der Waals surface area contributed by atoms with E-state index in [1.807, 2.05) is 0 Å². The van der Waals surface area contributed by atoms with E-state index < -0.39 is 5.97 Å². The van der Waals surface area contributed by atoms with Crippen molar-refractivity contribution in [3.05, 3.63) is 0 Å². The fourth-order valence-electron chi connectivity index (χ4n) is 3.09. The van der Waals surface area contributed by atoms with E-state index in [4.69, 9.17) is 5.11 Å². The van der Waals surface area contributed by atoms with Gasteiger partial charge in [0.05, 0.1) is 6.42 Å². The van der Waals surface area contributed by atoms with Crippen LogP contribution in [0.2, 0.25) is 0 Å². The maximum atomic E-state index is 10.8. The first kappa shape index (κ1) is 11.9. The predicted octanol–water partition coefficient (Wildman–Crippen LogP) is 1.02. The van der Waals surface area contributed by atoms with Crippen LogP contribution in [-0.2, 0) is 4.79 Å². The fraction of sp³-hybridized carbons (Fsp3) is 0.917. The summed E-state index contributed by atoms with van der Waals surface area (Å²) in [6.45, 7) is 3.41. The summed E-state index contributed by atoms with van der Waals surface area (Å²) in [5, 5.41) is 8.90. The number of carbonyl (C=O) groups is 1. The molecule has 2 heterocycles. The number of hydrogen-bond acceptors (Lipinski definition) is 3. The Balaban J connectivity index is 1.89. The van der Waals surface area contributed by atoms with Crippen LogP contribution in [0.15, 0.2) is 0 Å². The molecule has 1 atom stereocenters. The van der Waals surface area contributed by atoms with Crippen LogP contribution in [-0.4, -0.2) is 59.6 Å². The Kier molecular flexibility index (Phi) is 3.82. The third-order valence-electron chi connectivity index (χ3n) is 3.99. The fourth-order valence-corrected chi connectivity index (χ4v) is 3.09. The largest absolute Gasteiger partial charge is 0.481 e. The Bertz CT molecular complexity index is 249. The van der Waals surface area contributed by atoms with E-state index >= 15 is 0 Å². The van der Waals surface area contributed by atoms with Crippen LogP contribution in [0.1, 0.15) is 32.1 Å². The summed E-state index contributed by atoms with van der Waals surface area (Å²) >= 11 is 0. The molecule has 2 aliphatic rings. The van der Waals surface area contributed by atoms with Crippen molar-refractivity contribution in [2.75, 3.05) is 26.7 Å². The lowest BCUT2D eigenvalue weighted by molar-refractivity contribution is -0.138. The molecule has 2 rings (SSSR count). The van der Waals surface area contributed by atoms with Gasteiger partial charge in [-0.25, -0.2) is 0 Å². The van der Waals surface area contributed by atoms with E-state index in [9.17, 15) is 4.79 Å². The quantitative estimate of drug-likeness (QED) is 0.780. The maximum Gasteiger partial charge on any atom is 0.304 e. The average Bonchev–Trinajstić information content (AvgIpc) is 2.66. The van der Waals surface area contributed by atoms with Gasteiger partial charge in [0, 0.05) is 12.1 Å². The van der Waals surface area contributed by atoms with E-state index in [0.717, 1.165) is 26.1 Å². The lowest BCUT2D eigenvalue weighted by atomic mass is 10.0. The van der Waals surface area contributed by atoms with E-state index in [0.29, 0.717) is 18.5 Å². The van der Waals surface area contributed by atoms with Crippen molar-refractivity contribution in [3.63, 3.8) is 0 Å². The van der Waals surface area contributed by atoms with E-state index in [2.05, 4.69) is 16.8 Å². The first-order chi connectivity index (χ1) is 7.66. The summed E-state index contributed by atoms with van der Waals surface area (Å²) in [7, 11) is 2.16. The van der Waals surface area contributed by atoms with Crippen LogP contribution in [0.4, 0.5) is 0 Å². The monoisotopic (exact) mass is 226 g/mol. The number of aliphatic carboxylic acids is 1. The van der Waals surface area contributed by atoms with E-state index in [-0.39, 0.29) is 0 Å². The van der Waals surface area contributed by atoms with E-state index in [1.54, 1.807) is 0 Å². The minimum Gasteiger partial charge on any atom is -0.481 e. The van der Waals surface area contributed by atoms with E-state index in [1.165, 1.54) is 19.3 Å². The molecular formula is C12H22N2O2. The second-order valence-electron chi connectivity index (χ2n) is 5.17. The first-order valence-corrected chi connectivity index (χ1v) is 6.33. The summed E-state index contributed by atoms with van der Waals surface area (Å²) in [6.07, 6.45) is 4.97. The molecule has 0 bridgehead atoms. The van der Waals surface area contributed by atoms with Crippen molar-refractivity contribution in [1.29, 1.82) is 0 Å². The molecule has 1 N–H and O–H groups in total. The lowest BCUT2D eigenvalue weighted by Crippen LogP contribution is -2.46. The van der Waals surface area contributed by atoms with Crippen LogP contribution in [0.3, 0.4) is 0 Å². The Morgan fingerprint density at radius 3 is 2.56 bits per heavy atom. The van der Waals surface area contributed by atoms with Crippen molar-refractivity contribution >= 4 is 5.97 Å². The molecule has 2 saturated heterocycles. The Morgan fingerprint density at radius 2 is 1.94 bits per heavy atom. The maximum absolute atomic E-state index is 10.8. The molecule has 0 aromatic carbocycles. The molecule has 0 saturated carbocycles. The summed E-state index contributed by atoms with van der Waals surface area (Å²) < 4.78 is 0. The van der Waals surface area contributed by atoms with Gasteiger partial charge < -0.3 is 10.0 Å². The average molecular weight is 226 g/mol. The molecule has 0 spiro atoms. The van der Waals surface area contributed by atoms with Gasteiger partial charge in [-0.3, -0.25) is 9.69 Å². The zero-order valence-electron chi connectivity index (χ0n) is 10.1. The molecule has 0 amide bonds. The molecule has 1 unspecified atom stereocenters. The van der Waals surface area contributed by atoms with Gasteiger partial charge in [0.25, 0.3) is 0 Å². The topological polar surface area (TPSA) is 43.8 Å². The summed E-state index contributed by atoms with van der Waals surface area (Å²) in [5.41, 5.74) is 0. The molecule has 4 nitrogen and oxygen atoms in total. The molecule has 2 fully saturated rings. The van der Waals surface area contributed by atoms with Gasteiger partial charge in [0.15, 0.2) is 0 Å². The molecule has 0 radical (unpaired) electrons. The van der Waals surface area contributed by atoms with Crippen molar-refractivity contribution < 1.29 is 9.90 Å². The number of carboxylic acid groups (broad SMARTS) is 1. The van der Waals surface area contributed by atoms with Crippen LogP contribution in [0, 0.1) is 0 Å². The van der Waals surface area contributed by atoms with Gasteiger partial charge in [-0.2, -0.15) is 0 Å². The molecule has 92 valence electrons. The van der Waals surface area contributed by atoms with Crippen molar-refractivity contribution in [2.45, 2.75) is 44.2 Å². The zero-order chi connectivity index (χ0) is 11.5. The molecular weight excluding hydrogens is 204 g/mol. The molecule has 0 aliphatic carbocycles. The predicted molar refractivity (Wildman–Crippen MR) is 62.5 cm³/mol. The highest BCUT2D eigenvalue weighted by atomic mass is 16.4. The Morgan fingerprint density at radius 1 is 1.25 bits per heavy atom. The highest BCUT2D eigenvalue weighted by molar-refractivity contribution is 5.67. The normalized spacial score (nSPS) is 29.7. The summed E-state index contributed by atoms with van der Waals surface area (Å²) in [6, 6.07) is 0.925. The third-order valence-corrected chi connectivity index (χ3v) is 3.99. The third kappa shape index (κ3) is 2.74. The molecule has 0 aromatic rings. The molecule has 0 aromatic heterocycles. The second-order valence-corrected chi connectivity index (χ2v) is 5.17. The van der Waals surface area contributed by atoms with Gasteiger partial charge in [0.1, 0.15) is 0 Å². The smallest absolute Gasteiger partial charge is 0.304 e. The highest BCUT2D eigenvalue weighted by Crippen LogP contribution is 2.27. The number of piperidine rings is 1. The lowest BCUT2D eigenvalue weighted by Gasteiger charge is -2.37. The van der Waals surface area contributed by atoms with Crippen molar-refractivity contribution in [1.82, 2.24) is 9.80 Å². The van der Waals surface area contributed by atoms with Crippen LogP contribution in [0.5, 0.6) is 0 Å². The number of nitrogens with zero attached hydrogens (tertiary/aromatic N) is 2. The number of rotatable bonds is 3.